The van der Waals surface area contributed by atoms with E-state index in [1.165, 1.54) is 88.3 Å². The summed E-state index contributed by atoms with van der Waals surface area (Å²) in [6.07, 6.45) is 0. The molecule has 0 N–H and O–H groups in total. The van der Waals surface area contributed by atoms with Gasteiger partial charge in [-0.1, -0.05) is 204 Å². The second-order valence-electron chi connectivity index (χ2n) is 26.7. The molecule has 0 amide bonds. The van der Waals surface area contributed by atoms with Gasteiger partial charge in [-0.3, -0.25) is 0 Å². The van der Waals surface area contributed by atoms with E-state index in [2.05, 4.69) is 298 Å². The molecule has 0 aliphatic rings. The van der Waals surface area contributed by atoms with Gasteiger partial charge in [0.2, 0.25) is 0 Å². The van der Waals surface area contributed by atoms with Crippen LogP contribution in [0.5, 0.6) is 11.5 Å². The van der Waals surface area contributed by atoms with Gasteiger partial charge in [-0.05, 0) is 173 Å². The predicted molar refractivity (Wildman–Crippen MR) is 350 cm³/mol. The maximum Gasteiger partial charge on any atom is 0.126 e. The van der Waals surface area contributed by atoms with Crippen molar-refractivity contribution in [3.63, 3.8) is 0 Å². The average molecular weight is 1070 g/mol. The summed E-state index contributed by atoms with van der Waals surface area (Å²) in [5, 5.41) is 4.77. The lowest BCUT2D eigenvalue weighted by Gasteiger charge is -2.19. The molecular formula is C78H76N2O2. The molecule has 4 nitrogen and oxygen atoms in total. The molecule has 12 rings (SSSR count). The van der Waals surface area contributed by atoms with Crippen molar-refractivity contribution in [2.24, 2.45) is 0 Å². The van der Waals surface area contributed by atoms with E-state index in [4.69, 9.17) is 9.47 Å². The van der Waals surface area contributed by atoms with Crippen molar-refractivity contribution in [2.45, 2.75) is 105 Å². The van der Waals surface area contributed by atoms with Crippen LogP contribution in [0.4, 0.5) is 0 Å². The Morgan fingerprint density at radius 1 is 0.244 bits per heavy atom. The molecule has 0 aliphatic carbocycles. The first-order valence-electron chi connectivity index (χ1n) is 29.0. The third-order valence-electron chi connectivity index (χ3n) is 17.0. The Bertz CT molecular complexity index is 3870. The number of benzene rings is 10. The van der Waals surface area contributed by atoms with Crippen LogP contribution in [-0.2, 0) is 21.7 Å². The molecule has 0 atom stereocenters. The summed E-state index contributed by atoms with van der Waals surface area (Å²) in [6.45, 7) is 27.2. The average Bonchev–Trinajstić information content (AvgIpc) is 3.31. The van der Waals surface area contributed by atoms with Crippen molar-refractivity contribution in [1.29, 1.82) is 0 Å². The molecule has 0 radical (unpaired) electrons. The van der Waals surface area contributed by atoms with Gasteiger partial charge in [0, 0.05) is 44.0 Å². The van der Waals surface area contributed by atoms with E-state index in [0.717, 1.165) is 56.1 Å². The summed E-state index contributed by atoms with van der Waals surface area (Å²) < 4.78 is 17.4. The molecule has 0 spiro atoms. The normalized spacial score (nSPS) is 12.5. The minimum Gasteiger partial charge on any atom is -0.496 e. The Labute approximate surface area is 485 Å². The Hall–Kier alpha value is -8.60. The number of hydrogen-bond acceptors (Lipinski definition) is 2. The Morgan fingerprint density at radius 3 is 0.671 bits per heavy atom. The van der Waals surface area contributed by atoms with Gasteiger partial charge in [-0.2, -0.15) is 0 Å². The number of methoxy groups -OCH3 is 2. The lowest BCUT2D eigenvalue weighted by molar-refractivity contribution is 0.410. The van der Waals surface area contributed by atoms with Crippen molar-refractivity contribution >= 4 is 43.6 Å². The summed E-state index contributed by atoms with van der Waals surface area (Å²) in [7, 11) is 3.52. The van der Waals surface area contributed by atoms with Crippen LogP contribution in [0.3, 0.4) is 0 Å². The molecule has 12 aromatic rings. The summed E-state index contributed by atoms with van der Waals surface area (Å²) in [5.41, 5.74) is 23.5. The second-order valence-corrected chi connectivity index (χ2v) is 26.7. The number of ether oxygens (including phenoxy) is 2. The van der Waals surface area contributed by atoms with Crippen LogP contribution in [0, 0.1) is 0 Å². The minimum absolute atomic E-state index is 0.0697. The fourth-order valence-corrected chi connectivity index (χ4v) is 12.1. The van der Waals surface area contributed by atoms with Gasteiger partial charge in [0.15, 0.2) is 0 Å². The molecule has 2 heterocycles. The summed E-state index contributed by atoms with van der Waals surface area (Å²) >= 11 is 0. The van der Waals surface area contributed by atoms with E-state index >= 15 is 0 Å². The Balaban J connectivity index is 1.02. The Kier molecular flexibility index (Phi) is 13.3. The van der Waals surface area contributed by atoms with Crippen LogP contribution in [-0.4, -0.2) is 23.4 Å². The topological polar surface area (TPSA) is 28.3 Å². The van der Waals surface area contributed by atoms with E-state index in [1.54, 1.807) is 14.2 Å². The zero-order valence-corrected chi connectivity index (χ0v) is 50.3. The standard InChI is InChI=1S/C78H76N2O2/c1-75(2,3)57-27-15-49(16-28-57)53-23-37-69-63(43-53)64-44-54(50-17-29-58(30-18-50)76(4,5)6)24-38-70(64)79(69)61-35-41-73(81-13)67(47-61)68-48-62(36-42-74(68)82-14)80-71-39-25-55(51-19-31-59(32-20-51)77(7,8)9)45-65(71)66-46-56(26-40-72(66)80)52-21-33-60(34-22-52)78(10,11)12/h15-48H,1-14H3. The quantitative estimate of drug-likeness (QED) is 0.144. The Morgan fingerprint density at radius 2 is 0.463 bits per heavy atom. The maximum atomic E-state index is 6.30. The molecule has 4 heteroatoms. The molecule has 2 aromatic heterocycles. The minimum atomic E-state index is 0.0697. The first-order chi connectivity index (χ1) is 39.0. The maximum absolute atomic E-state index is 6.30. The monoisotopic (exact) mass is 1070 g/mol. The second kappa shape index (κ2) is 20.1. The molecule has 0 bridgehead atoms. The fraction of sp³-hybridized carbons (Fsp3) is 0.231. The number of aromatic nitrogens is 2. The number of fused-ring (bicyclic) bond motifs is 6. The van der Waals surface area contributed by atoms with E-state index in [0.29, 0.717) is 0 Å². The van der Waals surface area contributed by atoms with Gasteiger partial charge in [0.1, 0.15) is 11.5 Å². The summed E-state index contributed by atoms with van der Waals surface area (Å²) in [5.74, 6) is 1.52. The van der Waals surface area contributed by atoms with Crippen molar-refractivity contribution in [3.05, 3.63) is 229 Å². The zero-order chi connectivity index (χ0) is 57.6. The van der Waals surface area contributed by atoms with Crippen LogP contribution in [0.15, 0.2) is 206 Å². The van der Waals surface area contributed by atoms with Gasteiger partial charge < -0.3 is 18.6 Å². The van der Waals surface area contributed by atoms with Gasteiger partial charge >= 0.3 is 0 Å². The smallest absolute Gasteiger partial charge is 0.126 e. The highest BCUT2D eigenvalue weighted by molar-refractivity contribution is 6.13. The van der Waals surface area contributed by atoms with Crippen molar-refractivity contribution in [1.82, 2.24) is 9.13 Å². The largest absolute Gasteiger partial charge is 0.496 e. The lowest BCUT2D eigenvalue weighted by Crippen LogP contribution is -2.10. The molecule has 0 saturated carbocycles. The predicted octanol–water partition coefficient (Wildman–Crippen LogP) is 21.4. The van der Waals surface area contributed by atoms with Crippen molar-refractivity contribution in [3.8, 4) is 78.5 Å². The lowest BCUT2D eigenvalue weighted by atomic mass is 9.86. The number of rotatable bonds is 9. The number of hydrogen-bond donors (Lipinski definition) is 0. The summed E-state index contributed by atoms with van der Waals surface area (Å²) in [6, 6.07) is 77.3. The first-order valence-corrected chi connectivity index (χ1v) is 29.0. The SMILES string of the molecule is COc1ccc(-n2c3ccc(-c4ccc(C(C)(C)C)cc4)cc3c3cc(-c4ccc(C(C)(C)C)cc4)ccc32)cc1-c1cc(-n2c3ccc(-c4ccc(C(C)(C)C)cc4)cc3c3cc(-c4ccc(C(C)(C)C)cc4)ccc32)ccc1OC. The number of nitrogens with zero attached hydrogens (tertiary/aromatic N) is 2. The van der Waals surface area contributed by atoms with E-state index in [-0.39, 0.29) is 21.7 Å². The van der Waals surface area contributed by atoms with Gasteiger partial charge in [0.05, 0.1) is 36.3 Å². The van der Waals surface area contributed by atoms with Crippen LogP contribution >= 0.6 is 0 Å². The highest BCUT2D eigenvalue weighted by Gasteiger charge is 2.23. The van der Waals surface area contributed by atoms with Crippen LogP contribution in [0.25, 0.3) is 111 Å². The molecule has 82 heavy (non-hydrogen) atoms. The molecule has 410 valence electrons. The van der Waals surface area contributed by atoms with Gasteiger partial charge in [-0.15, -0.1) is 0 Å². The molecule has 0 aliphatic heterocycles. The molecule has 0 fully saturated rings. The van der Waals surface area contributed by atoms with Gasteiger partial charge in [-0.25, -0.2) is 0 Å². The highest BCUT2D eigenvalue weighted by Crippen LogP contribution is 2.45. The zero-order valence-electron chi connectivity index (χ0n) is 50.3. The highest BCUT2D eigenvalue weighted by atomic mass is 16.5. The first kappa shape index (κ1) is 54.0. The molecule has 0 unspecified atom stereocenters. The molecular weight excluding hydrogens is 997 g/mol. The van der Waals surface area contributed by atoms with Crippen LogP contribution in [0.1, 0.15) is 105 Å². The molecule has 10 aromatic carbocycles. The van der Waals surface area contributed by atoms with Crippen molar-refractivity contribution in [2.75, 3.05) is 14.2 Å². The van der Waals surface area contributed by atoms with Crippen molar-refractivity contribution < 1.29 is 9.47 Å². The van der Waals surface area contributed by atoms with E-state index in [9.17, 15) is 0 Å². The van der Waals surface area contributed by atoms with Crippen LogP contribution < -0.4 is 9.47 Å². The van der Waals surface area contributed by atoms with E-state index in [1.807, 2.05) is 0 Å². The van der Waals surface area contributed by atoms with E-state index < -0.39 is 0 Å². The third kappa shape index (κ3) is 9.86. The summed E-state index contributed by atoms with van der Waals surface area (Å²) in [4.78, 5) is 0. The van der Waals surface area contributed by atoms with Gasteiger partial charge in [0.25, 0.3) is 0 Å². The van der Waals surface area contributed by atoms with Crippen LogP contribution in [0.2, 0.25) is 0 Å². The fourth-order valence-electron chi connectivity index (χ4n) is 12.1. The third-order valence-corrected chi connectivity index (χ3v) is 17.0. The molecule has 0 saturated heterocycles.